The van der Waals surface area contributed by atoms with E-state index >= 15 is 0 Å². The van der Waals surface area contributed by atoms with Crippen molar-refractivity contribution in [3.05, 3.63) is 108 Å². The van der Waals surface area contributed by atoms with Crippen molar-refractivity contribution in [1.29, 1.82) is 0 Å². The van der Waals surface area contributed by atoms with E-state index in [4.69, 9.17) is 4.74 Å². The number of para-hydroxylation sites is 2. The first-order chi connectivity index (χ1) is 17.6. The van der Waals surface area contributed by atoms with Gasteiger partial charge in [0.25, 0.3) is 0 Å². The third-order valence-electron chi connectivity index (χ3n) is 5.99. The van der Waals surface area contributed by atoms with Gasteiger partial charge in [0.1, 0.15) is 24.2 Å². The molecule has 4 aromatic carbocycles. The zero-order valence-electron chi connectivity index (χ0n) is 19.5. The summed E-state index contributed by atoms with van der Waals surface area (Å²) in [7, 11) is 0. The molecular weight excluding hydrogens is 452 g/mol. The molecule has 0 aliphatic heterocycles. The molecule has 0 saturated heterocycles. The van der Waals surface area contributed by atoms with E-state index in [1.807, 2.05) is 36.4 Å². The van der Waals surface area contributed by atoms with Crippen LogP contribution in [-0.4, -0.2) is 40.2 Å². The number of nitrogens with one attached hydrogen (secondary N) is 2. The summed E-state index contributed by atoms with van der Waals surface area (Å²) in [6.45, 7) is 0.434. The molecule has 0 aliphatic carbocycles. The van der Waals surface area contributed by atoms with Gasteiger partial charge in [0, 0.05) is 39.6 Å². The number of aromatic hydroxyl groups is 1. The quantitative estimate of drug-likeness (QED) is 0.159. The van der Waals surface area contributed by atoms with Gasteiger partial charge in [0.15, 0.2) is 5.78 Å². The fraction of sp³-hybridized carbons (Fsp3) is 0.100. The number of aliphatic hydroxyl groups is 1. The van der Waals surface area contributed by atoms with Crippen LogP contribution < -0.4 is 10.1 Å². The first kappa shape index (κ1) is 23.2. The van der Waals surface area contributed by atoms with E-state index in [-0.39, 0.29) is 18.1 Å². The first-order valence-corrected chi connectivity index (χ1v) is 11.7. The molecular formula is C30H26N2O4. The summed E-state index contributed by atoms with van der Waals surface area (Å²) in [5.74, 6) is 0.690. The molecule has 0 aliphatic rings. The molecule has 1 aromatic heterocycles. The number of fused-ring (bicyclic) bond motifs is 3. The van der Waals surface area contributed by atoms with Crippen molar-refractivity contribution in [3.8, 4) is 11.5 Å². The van der Waals surface area contributed by atoms with Crippen LogP contribution in [0.15, 0.2) is 97.1 Å². The molecule has 6 nitrogen and oxygen atoms in total. The van der Waals surface area contributed by atoms with Crippen molar-refractivity contribution in [1.82, 2.24) is 4.98 Å². The summed E-state index contributed by atoms with van der Waals surface area (Å²) in [5, 5.41) is 25.6. The monoisotopic (exact) mass is 478 g/mol. The van der Waals surface area contributed by atoms with E-state index in [9.17, 15) is 15.0 Å². The summed E-state index contributed by atoms with van der Waals surface area (Å²) < 4.78 is 5.98. The number of phenols is 1. The Kier molecular flexibility index (Phi) is 6.69. The molecule has 1 atom stereocenters. The van der Waals surface area contributed by atoms with Crippen molar-refractivity contribution >= 4 is 39.4 Å². The highest BCUT2D eigenvalue weighted by atomic mass is 16.5. The molecule has 6 heteroatoms. The summed E-state index contributed by atoms with van der Waals surface area (Å²) in [6.07, 6.45) is 2.30. The average molecular weight is 479 g/mol. The SMILES string of the molecule is O=C(/C=C/c1ccccc1O)c1ccc(NCC(O)COc2cccc3[nH]c4ccccc4c23)cc1. The number of aromatic amines is 1. The van der Waals surface area contributed by atoms with Gasteiger partial charge < -0.3 is 25.3 Å². The normalized spacial score (nSPS) is 12.2. The average Bonchev–Trinajstić information content (AvgIpc) is 3.30. The molecule has 0 amide bonds. The number of rotatable bonds is 9. The van der Waals surface area contributed by atoms with Gasteiger partial charge >= 0.3 is 0 Å². The second-order valence-electron chi connectivity index (χ2n) is 8.53. The van der Waals surface area contributed by atoms with E-state index < -0.39 is 6.10 Å². The standard InChI is InChI=1S/C30H26N2O4/c33-23(19-36-29-11-5-9-26-30(29)24-7-2-3-8-25(24)32-26)18-31-22-15-12-21(13-16-22)28(35)17-14-20-6-1-4-10-27(20)34/h1-17,23,31-34H,18-19H2/b17-14+. The number of hydrogen-bond acceptors (Lipinski definition) is 5. The molecule has 0 bridgehead atoms. The summed E-state index contributed by atoms with van der Waals surface area (Å²) in [5.41, 5.74) is 3.94. The van der Waals surface area contributed by atoms with Crippen molar-refractivity contribution in [2.24, 2.45) is 0 Å². The van der Waals surface area contributed by atoms with Crippen LogP contribution in [-0.2, 0) is 0 Å². The number of phenolic OH excluding ortho intramolecular Hbond substituents is 1. The topological polar surface area (TPSA) is 94.6 Å². The fourth-order valence-electron chi connectivity index (χ4n) is 4.11. The molecule has 36 heavy (non-hydrogen) atoms. The highest BCUT2D eigenvalue weighted by molar-refractivity contribution is 6.10. The van der Waals surface area contributed by atoms with Crippen LogP contribution >= 0.6 is 0 Å². The third-order valence-corrected chi connectivity index (χ3v) is 5.99. The minimum absolute atomic E-state index is 0.127. The Morgan fingerprint density at radius 2 is 1.67 bits per heavy atom. The van der Waals surface area contributed by atoms with E-state index in [1.165, 1.54) is 6.08 Å². The summed E-state index contributed by atoms with van der Waals surface area (Å²) in [4.78, 5) is 15.8. The molecule has 4 N–H and O–H groups in total. The number of allylic oxidation sites excluding steroid dienone is 1. The van der Waals surface area contributed by atoms with Crippen LogP contribution in [0.4, 0.5) is 5.69 Å². The fourth-order valence-corrected chi connectivity index (χ4v) is 4.11. The lowest BCUT2D eigenvalue weighted by Crippen LogP contribution is -2.26. The minimum atomic E-state index is -0.728. The second kappa shape index (κ2) is 10.4. The highest BCUT2D eigenvalue weighted by Crippen LogP contribution is 2.33. The Balaban J connectivity index is 1.16. The Morgan fingerprint density at radius 3 is 2.50 bits per heavy atom. The molecule has 0 saturated carbocycles. The largest absolute Gasteiger partial charge is 0.507 e. The predicted octanol–water partition coefficient (Wildman–Crippen LogP) is 5.77. The van der Waals surface area contributed by atoms with Gasteiger partial charge in [-0.15, -0.1) is 0 Å². The Morgan fingerprint density at radius 1 is 0.917 bits per heavy atom. The number of ether oxygens (including phenoxy) is 1. The maximum atomic E-state index is 12.4. The number of carbonyl (C=O) groups is 1. The van der Waals surface area contributed by atoms with E-state index in [1.54, 1.807) is 54.6 Å². The molecule has 0 radical (unpaired) electrons. The highest BCUT2D eigenvalue weighted by Gasteiger charge is 2.12. The van der Waals surface area contributed by atoms with Gasteiger partial charge in [0.2, 0.25) is 0 Å². The number of H-pyrrole nitrogens is 1. The van der Waals surface area contributed by atoms with E-state index in [2.05, 4.69) is 16.4 Å². The third kappa shape index (κ3) is 5.09. The summed E-state index contributed by atoms with van der Waals surface area (Å²) in [6, 6.07) is 27.8. The first-order valence-electron chi connectivity index (χ1n) is 11.7. The smallest absolute Gasteiger partial charge is 0.185 e. The van der Waals surface area contributed by atoms with Crippen LogP contribution in [0.3, 0.4) is 0 Å². The molecule has 1 unspecified atom stereocenters. The van der Waals surface area contributed by atoms with Crippen molar-refractivity contribution in [2.45, 2.75) is 6.10 Å². The van der Waals surface area contributed by atoms with Gasteiger partial charge in [-0.2, -0.15) is 0 Å². The van der Waals surface area contributed by atoms with Gasteiger partial charge in [0.05, 0.1) is 5.52 Å². The Bertz CT molecular complexity index is 1540. The van der Waals surface area contributed by atoms with Gasteiger partial charge in [-0.3, -0.25) is 4.79 Å². The number of anilines is 1. The number of hydrogen-bond donors (Lipinski definition) is 4. The molecule has 5 aromatic rings. The number of carbonyl (C=O) groups excluding carboxylic acids is 1. The number of benzene rings is 4. The lowest BCUT2D eigenvalue weighted by atomic mass is 10.1. The number of ketones is 1. The van der Waals surface area contributed by atoms with Crippen LogP contribution in [0.1, 0.15) is 15.9 Å². The van der Waals surface area contributed by atoms with Crippen molar-refractivity contribution in [3.63, 3.8) is 0 Å². The van der Waals surface area contributed by atoms with Crippen LogP contribution in [0, 0.1) is 0 Å². The zero-order chi connectivity index (χ0) is 24.9. The van der Waals surface area contributed by atoms with Crippen LogP contribution in [0.25, 0.3) is 27.9 Å². The number of aromatic nitrogens is 1. The molecule has 180 valence electrons. The molecule has 0 spiro atoms. The van der Waals surface area contributed by atoms with Crippen LogP contribution in [0.2, 0.25) is 0 Å². The van der Waals surface area contributed by atoms with Crippen molar-refractivity contribution in [2.75, 3.05) is 18.5 Å². The summed E-state index contributed by atoms with van der Waals surface area (Å²) >= 11 is 0. The minimum Gasteiger partial charge on any atom is -0.507 e. The molecule has 1 heterocycles. The van der Waals surface area contributed by atoms with E-state index in [0.29, 0.717) is 17.7 Å². The Hall–Kier alpha value is -4.55. The Labute approximate surface area is 208 Å². The van der Waals surface area contributed by atoms with Gasteiger partial charge in [-0.05, 0) is 60.7 Å². The van der Waals surface area contributed by atoms with Crippen molar-refractivity contribution < 1.29 is 19.7 Å². The zero-order valence-corrected chi connectivity index (χ0v) is 19.5. The maximum absolute atomic E-state index is 12.4. The van der Waals surface area contributed by atoms with Gasteiger partial charge in [-0.1, -0.05) is 42.5 Å². The lowest BCUT2D eigenvalue weighted by molar-refractivity contribution is 0.104. The van der Waals surface area contributed by atoms with Crippen LogP contribution in [0.5, 0.6) is 11.5 Å². The predicted molar refractivity (Wildman–Crippen MR) is 144 cm³/mol. The number of aliphatic hydroxyl groups excluding tert-OH is 1. The lowest BCUT2D eigenvalue weighted by Gasteiger charge is -2.15. The second-order valence-corrected chi connectivity index (χ2v) is 8.53. The van der Waals surface area contributed by atoms with E-state index in [0.717, 1.165) is 33.2 Å². The molecule has 0 fully saturated rings. The molecule has 5 rings (SSSR count). The van der Waals surface area contributed by atoms with Gasteiger partial charge in [-0.25, -0.2) is 0 Å². The maximum Gasteiger partial charge on any atom is 0.185 e.